The van der Waals surface area contributed by atoms with Gasteiger partial charge < -0.3 is 10.5 Å². The normalized spacial score (nSPS) is 12.2. The largest absolute Gasteiger partial charge is 0.493 e. The van der Waals surface area contributed by atoms with Crippen molar-refractivity contribution >= 4 is 0 Å². The van der Waals surface area contributed by atoms with E-state index < -0.39 is 0 Å². The molecule has 0 saturated heterocycles. The van der Waals surface area contributed by atoms with Crippen molar-refractivity contribution in [1.82, 2.24) is 0 Å². The van der Waals surface area contributed by atoms with Gasteiger partial charge in [0.15, 0.2) is 0 Å². The van der Waals surface area contributed by atoms with Gasteiger partial charge in [0.2, 0.25) is 0 Å². The number of allylic oxidation sites excluding steroid dienone is 1. The molecule has 0 fully saturated rings. The highest BCUT2D eigenvalue weighted by atomic mass is 16.5. The second kappa shape index (κ2) is 7.93. The fourth-order valence-corrected chi connectivity index (χ4v) is 1.87. The van der Waals surface area contributed by atoms with Crippen LogP contribution < -0.4 is 10.5 Å². The van der Waals surface area contributed by atoms with Crippen molar-refractivity contribution in [3.05, 3.63) is 42.0 Å². The Morgan fingerprint density at radius 2 is 2.11 bits per heavy atom. The smallest absolute Gasteiger partial charge is 0.122 e. The van der Waals surface area contributed by atoms with E-state index in [0.29, 0.717) is 0 Å². The minimum absolute atomic E-state index is 0.0802. The van der Waals surface area contributed by atoms with Crippen LogP contribution in [0.15, 0.2) is 30.9 Å². The van der Waals surface area contributed by atoms with Gasteiger partial charge in [0.1, 0.15) is 5.75 Å². The summed E-state index contributed by atoms with van der Waals surface area (Å²) < 4.78 is 5.79. The van der Waals surface area contributed by atoms with Crippen molar-refractivity contribution in [2.45, 2.75) is 45.6 Å². The Hall–Kier alpha value is -1.28. The molecule has 0 saturated carbocycles. The second-order valence-electron chi connectivity index (χ2n) is 4.80. The van der Waals surface area contributed by atoms with Crippen LogP contribution in [-0.2, 0) is 0 Å². The van der Waals surface area contributed by atoms with Crippen LogP contribution in [-0.4, -0.2) is 6.61 Å². The third kappa shape index (κ3) is 4.92. The van der Waals surface area contributed by atoms with Gasteiger partial charge in [-0.25, -0.2) is 0 Å². The van der Waals surface area contributed by atoms with Crippen LogP contribution in [0.25, 0.3) is 0 Å². The van der Waals surface area contributed by atoms with Crippen LogP contribution in [0.2, 0.25) is 0 Å². The number of benzene rings is 1. The molecule has 1 atom stereocenters. The van der Waals surface area contributed by atoms with E-state index in [1.54, 1.807) is 0 Å². The Morgan fingerprint density at radius 3 is 2.72 bits per heavy atom. The zero-order valence-electron chi connectivity index (χ0n) is 11.6. The number of aryl methyl sites for hydroxylation is 1. The molecule has 0 aromatic heterocycles. The molecule has 2 nitrogen and oxygen atoms in total. The molecule has 0 radical (unpaired) electrons. The van der Waals surface area contributed by atoms with Crippen molar-refractivity contribution in [2.24, 2.45) is 5.73 Å². The molecule has 0 amide bonds. The lowest BCUT2D eigenvalue weighted by molar-refractivity contribution is 0.303. The van der Waals surface area contributed by atoms with Crippen molar-refractivity contribution in [3.8, 4) is 5.75 Å². The van der Waals surface area contributed by atoms with Gasteiger partial charge in [-0.2, -0.15) is 0 Å². The maximum absolute atomic E-state index is 5.85. The lowest BCUT2D eigenvalue weighted by atomic mass is 10.1. The standard InChI is InChI=1S/C16H25NO/c1-4-5-6-7-8-11-18-16-10-9-15(14(3)17)12-13(16)2/h4,9-10,12,14H,1,5-8,11,17H2,2-3H3/t14-/m1/s1. The van der Waals surface area contributed by atoms with E-state index in [-0.39, 0.29) is 6.04 Å². The van der Waals surface area contributed by atoms with E-state index in [9.17, 15) is 0 Å². The molecule has 0 spiro atoms. The minimum atomic E-state index is 0.0802. The molecule has 0 aliphatic heterocycles. The molecular weight excluding hydrogens is 222 g/mol. The van der Waals surface area contributed by atoms with E-state index in [4.69, 9.17) is 10.5 Å². The molecule has 0 aliphatic carbocycles. The maximum Gasteiger partial charge on any atom is 0.122 e. The summed E-state index contributed by atoms with van der Waals surface area (Å²) >= 11 is 0. The Bertz CT molecular complexity index is 371. The van der Waals surface area contributed by atoms with Crippen LogP contribution in [0.5, 0.6) is 5.75 Å². The molecular formula is C16H25NO. The predicted octanol–water partition coefficient (Wildman–Crippen LogP) is 4.14. The van der Waals surface area contributed by atoms with E-state index in [0.717, 1.165) is 36.3 Å². The Balaban J connectivity index is 2.36. The number of hydrogen-bond acceptors (Lipinski definition) is 2. The van der Waals surface area contributed by atoms with E-state index in [2.05, 4.69) is 19.6 Å². The molecule has 1 aromatic rings. The summed E-state index contributed by atoms with van der Waals surface area (Å²) in [6.45, 7) is 8.57. The zero-order chi connectivity index (χ0) is 13.4. The summed E-state index contributed by atoms with van der Waals surface area (Å²) in [6, 6.07) is 6.26. The highest BCUT2D eigenvalue weighted by Crippen LogP contribution is 2.22. The first kappa shape index (κ1) is 14.8. The lowest BCUT2D eigenvalue weighted by Gasteiger charge is -2.12. The number of hydrogen-bond donors (Lipinski definition) is 1. The van der Waals surface area contributed by atoms with Gasteiger partial charge in [-0.3, -0.25) is 0 Å². The average Bonchev–Trinajstić information content (AvgIpc) is 2.35. The van der Waals surface area contributed by atoms with E-state index in [1.165, 1.54) is 12.8 Å². The molecule has 0 heterocycles. The number of nitrogens with two attached hydrogens (primary N) is 1. The molecule has 18 heavy (non-hydrogen) atoms. The average molecular weight is 247 g/mol. The van der Waals surface area contributed by atoms with Crippen molar-refractivity contribution in [3.63, 3.8) is 0 Å². The van der Waals surface area contributed by atoms with Crippen LogP contribution in [0.4, 0.5) is 0 Å². The summed E-state index contributed by atoms with van der Waals surface area (Å²) in [4.78, 5) is 0. The molecule has 0 unspecified atom stereocenters. The van der Waals surface area contributed by atoms with Crippen molar-refractivity contribution < 1.29 is 4.74 Å². The Morgan fingerprint density at radius 1 is 1.33 bits per heavy atom. The quantitative estimate of drug-likeness (QED) is 0.553. The third-order valence-electron chi connectivity index (χ3n) is 3.03. The first-order valence-corrected chi connectivity index (χ1v) is 6.75. The highest BCUT2D eigenvalue weighted by molar-refractivity contribution is 5.37. The summed E-state index contributed by atoms with van der Waals surface area (Å²) in [6.07, 6.45) is 6.57. The molecule has 2 heteroatoms. The number of rotatable bonds is 8. The number of ether oxygens (including phenoxy) is 1. The SMILES string of the molecule is C=CCCCCCOc1ccc([C@@H](C)N)cc1C. The molecule has 2 N–H and O–H groups in total. The fraction of sp³-hybridized carbons (Fsp3) is 0.500. The summed E-state index contributed by atoms with van der Waals surface area (Å²) in [5.41, 5.74) is 8.17. The molecule has 1 rings (SSSR count). The molecule has 1 aromatic carbocycles. The fourth-order valence-electron chi connectivity index (χ4n) is 1.87. The summed E-state index contributed by atoms with van der Waals surface area (Å²) in [7, 11) is 0. The van der Waals surface area contributed by atoms with Crippen LogP contribution in [0, 0.1) is 6.92 Å². The number of unbranched alkanes of at least 4 members (excludes halogenated alkanes) is 3. The van der Waals surface area contributed by atoms with Gasteiger partial charge in [0.25, 0.3) is 0 Å². The Kier molecular flexibility index (Phi) is 6.51. The van der Waals surface area contributed by atoms with Gasteiger partial charge in [0, 0.05) is 6.04 Å². The molecule has 100 valence electrons. The molecule has 0 aliphatic rings. The van der Waals surface area contributed by atoms with E-state index in [1.807, 2.05) is 25.1 Å². The monoisotopic (exact) mass is 247 g/mol. The van der Waals surface area contributed by atoms with Crippen molar-refractivity contribution in [2.75, 3.05) is 6.61 Å². The van der Waals surface area contributed by atoms with Crippen LogP contribution in [0.1, 0.15) is 49.8 Å². The maximum atomic E-state index is 5.85. The minimum Gasteiger partial charge on any atom is -0.493 e. The third-order valence-corrected chi connectivity index (χ3v) is 3.03. The van der Waals surface area contributed by atoms with Gasteiger partial charge >= 0.3 is 0 Å². The zero-order valence-corrected chi connectivity index (χ0v) is 11.6. The summed E-state index contributed by atoms with van der Waals surface area (Å²) in [5, 5.41) is 0. The predicted molar refractivity (Wildman–Crippen MR) is 77.9 cm³/mol. The van der Waals surface area contributed by atoms with Gasteiger partial charge in [-0.05, 0) is 56.7 Å². The van der Waals surface area contributed by atoms with Gasteiger partial charge in [-0.1, -0.05) is 18.2 Å². The first-order chi connectivity index (χ1) is 8.65. The van der Waals surface area contributed by atoms with Crippen LogP contribution >= 0.6 is 0 Å². The van der Waals surface area contributed by atoms with Crippen LogP contribution in [0.3, 0.4) is 0 Å². The van der Waals surface area contributed by atoms with Gasteiger partial charge in [-0.15, -0.1) is 6.58 Å². The van der Waals surface area contributed by atoms with Gasteiger partial charge in [0.05, 0.1) is 6.61 Å². The lowest BCUT2D eigenvalue weighted by Crippen LogP contribution is -2.06. The molecule has 0 bridgehead atoms. The summed E-state index contributed by atoms with van der Waals surface area (Å²) in [5.74, 6) is 0.975. The van der Waals surface area contributed by atoms with E-state index >= 15 is 0 Å². The second-order valence-corrected chi connectivity index (χ2v) is 4.80. The topological polar surface area (TPSA) is 35.2 Å². The Labute approximate surface area is 111 Å². The highest BCUT2D eigenvalue weighted by Gasteiger charge is 2.04. The van der Waals surface area contributed by atoms with Crippen molar-refractivity contribution in [1.29, 1.82) is 0 Å². The first-order valence-electron chi connectivity index (χ1n) is 6.75.